The number of thioether (sulfide) groups is 1. The molecule has 148 valence electrons. The fourth-order valence-electron chi connectivity index (χ4n) is 2.45. The number of fused-ring (bicyclic) bond motifs is 1. The summed E-state index contributed by atoms with van der Waals surface area (Å²) in [7, 11) is -3.56. The number of sulfonamides is 1. The van der Waals surface area contributed by atoms with Gasteiger partial charge < -0.3 is 5.32 Å². The highest BCUT2D eigenvalue weighted by Crippen LogP contribution is 2.23. The van der Waals surface area contributed by atoms with Crippen LogP contribution in [0.3, 0.4) is 0 Å². The van der Waals surface area contributed by atoms with Crippen molar-refractivity contribution < 1.29 is 13.2 Å². The second-order valence-electron chi connectivity index (χ2n) is 6.46. The van der Waals surface area contributed by atoms with Crippen LogP contribution in [0.2, 0.25) is 0 Å². The Labute approximate surface area is 167 Å². The van der Waals surface area contributed by atoms with Crippen LogP contribution in [0.1, 0.15) is 20.8 Å². The number of nitrogens with one attached hydrogen (secondary N) is 2. The van der Waals surface area contributed by atoms with Crippen molar-refractivity contribution in [3.63, 3.8) is 0 Å². The Bertz CT molecular complexity index is 1080. The average Bonchev–Trinajstić information content (AvgIpc) is 3.04. The van der Waals surface area contributed by atoms with Crippen molar-refractivity contribution in [3.8, 4) is 0 Å². The van der Waals surface area contributed by atoms with E-state index in [4.69, 9.17) is 0 Å². The van der Waals surface area contributed by atoms with Gasteiger partial charge in [0, 0.05) is 17.9 Å². The summed E-state index contributed by atoms with van der Waals surface area (Å²) in [4.78, 5) is 12.6. The van der Waals surface area contributed by atoms with E-state index in [0.29, 0.717) is 16.5 Å². The largest absolute Gasteiger partial charge is 0.325 e. The van der Waals surface area contributed by atoms with Gasteiger partial charge >= 0.3 is 0 Å². The molecule has 2 aromatic heterocycles. The molecule has 0 bridgehead atoms. The van der Waals surface area contributed by atoms with Gasteiger partial charge in [-0.2, -0.15) is 0 Å². The van der Waals surface area contributed by atoms with Crippen molar-refractivity contribution in [1.82, 2.24) is 19.3 Å². The predicted octanol–water partition coefficient (Wildman–Crippen LogP) is 2.54. The number of benzene rings is 1. The van der Waals surface area contributed by atoms with Crippen molar-refractivity contribution in [2.45, 2.75) is 42.1 Å². The molecule has 0 aliphatic carbocycles. The highest BCUT2D eigenvalue weighted by atomic mass is 32.2. The molecule has 3 aromatic rings. The lowest BCUT2D eigenvalue weighted by Crippen LogP contribution is -2.30. The number of carbonyl (C=O) groups excluding carboxylic acids is 1. The summed E-state index contributed by atoms with van der Waals surface area (Å²) < 4.78 is 28.6. The number of nitrogens with zero attached hydrogens (tertiary/aromatic N) is 3. The van der Waals surface area contributed by atoms with Crippen LogP contribution in [-0.2, 0) is 14.8 Å². The van der Waals surface area contributed by atoms with E-state index in [1.807, 2.05) is 28.8 Å². The number of hydrogen-bond acceptors (Lipinski definition) is 6. The molecule has 0 saturated carbocycles. The van der Waals surface area contributed by atoms with Crippen molar-refractivity contribution in [1.29, 1.82) is 0 Å². The van der Waals surface area contributed by atoms with Gasteiger partial charge in [-0.15, -0.1) is 10.2 Å². The molecule has 0 aliphatic rings. The fraction of sp³-hybridized carbons (Fsp3) is 0.278. The zero-order valence-electron chi connectivity index (χ0n) is 15.7. The number of anilines is 1. The zero-order valence-corrected chi connectivity index (χ0v) is 17.3. The van der Waals surface area contributed by atoms with Crippen molar-refractivity contribution in [3.05, 3.63) is 48.7 Å². The smallest absolute Gasteiger partial charge is 0.240 e. The summed E-state index contributed by atoms with van der Waals surface area (Å²) in [5.74, 6) is -0.214. The van der Waals surface area contributed by atoms with E-state index in [0.717, 1.165) is 0 Å². The van der Waals surface area contributed by atoms with Crippen LogP contribution in [-0.4, -0.2) is 40.2 Å². The van der Waals surface area contributed by atoms with Gasteiger partial charge in [0.1, 0.15) is 0 Å². The molecule has 28 heavy (non-hydrogen) atoms. The minimum atomic E-state index is -3.56. The number of pyridine rings is 1. The molecular formula is C18H21N5O3S2. The Morgan fingerprint density at radius 1 is 1.07 bits per heavy atom. The molecule has 10 heteroatoms. The lowest BCUT2D eigenvalue weighted by atomic mass is 10.3. The molecule has 2 N–H and O–H groups in total. The van der Waals surface area contributed by atoms with Crippen molar-refractivity contribution in [2.24, 2.45) is 0 Å². The molecule has 1 amide bonds. The summed E-state index contributed by atoms with van der Waals surface area (Å²) in [5.41, 5.74) is 1.23. The summed E-state index contributed by atoms with van der Waals surface area (Å²) in [6.45, 7) is 5.28. The predicted molar refractivity (Wildman–Crippen MR) is 109 cm³/mol. The van der Waals surface area contributed by atoms with E-state index in [1.165, 1.54) is 23.9 Å². The Kier molecular flexibility index (Phi) is 6.01. The second-order valence-corrected chi connectivity index (χ2v) is 9.48. The van der Waals surface area contributed by atoms with Gasteiger partial charge in [0.15, 0.2) is 10.8 Å². The SMILES string of the molecule is CC(C)NS(=O)(=O)c1ccc(NC(=O)[C@@H](C)Sc2nnc3ccccn23)cc1. The molecule has 0 saturated heterocycles. The lowest BCUT2D eigenvalue weighted by molar-refractivity contribution is -0.115. The highest BCUT2D eigenvalue weighted by Gasteiger charge is 2.19. The van der Waals surface area contributed by atoms with E-state index in [9.17, 15) is 13.2 Å². The number of hydrogen-bond donors (Lipinski definition) is 2. The van der Waals surface area contributed by atoms with E-state index >= 15 is 0 Å². The van der Waals surface area contributed by atoms with Crippen LogP contribution >= 0.6 is 11.8 Å². The lowest BCUT2D eigenvalue weighted by Gasteiger charge is -2.12. The molecule has 0 unspecified atom stereocenters. The van der Waals surface area contributed by atoms with E-state index in [-0.39, 0.29) is 16.8 Å². The Morgan fingerprint density at radius 2 is 1.79 bits per heavy atom. The zero-order chi connectivity index (χ0) is 20.3. The van der Waals surface area contributed by atoms with Gasteiger partial charge in [0.05, 0.1) is 10.1 Å². The van der Waals surface area contributed by atoms with Gasteiger partial charge in [0.2, 0.25) is 15.9 Å². The van der Waals surface area contributed by atoms with Crippen LogP contribution in [0.25, 0.3) is 5.65 Å². The topological polar surface area (TPSA) is 105 Å². The van der Waals surface area contributed by atoms with Crippen molar-refractivity contribution >= 4 is 39.0 Å². The highest BCUT2D eigenvalue weighted by molar-refractivity contribution is 8.00. The van der Waals surface area contributed by atoms with Crippen LogP contribution in [0.5, 0.6) is 0 Å². The van der Waals surface area contributed by atoms with Gasteiger partial charge in [-0.25, -0.2) is 13.1 Å². The maximum atomic E-state index is 12.5. The first-order chi connectivity index (χ1) is 13.3. The second kappa shape index (κ2) is 8.29. The standard InChI is InChI=1S/C18H21N5O3S2/c1-12(2)22-28(25,26)15-9-7-14(8-10-15)19-17(24)13(3)27-18-21-20-16-6-4-5-11-23(16)18/h4-13,22H,1-3H3,(H,19,24)/t13-/m1/s1. The fourth-order valence-corrected chi connectivity index (χ4v) is 4.54. The van der Waals surface area contributed by atoms with Crippen LogP contribution in [0.4, 0.5) is 5.69 Å². The first-order valence-electron chi connectivity index (χ1n) is 8.66. The van der Waals surface area contributed by atoms with Crippen LogP contribution < -0.4 is 10.0 Å². The van der Waals surface area contributed by atoms with Gasteiger partial charge in [-0.3, -0.25) is 9.20 Å². The molecule has 0 aliphatic heterocycles. The van der Waals surface area contributed by atoms with E-state index < -0.39 is 15.3 Å². The third kappa shape index (κ3) is 4.70. The maximum absolute atomic E-state index is 12.5. The summed E-state index contributed by atoms with van der Waals surface area (Å²) >= 11 is 1.29. The molecule has 8 nitrogen and oxygen atoms in total. The average molecular weight is 420 g/mol. The maximum Gasteiger partial charge on any atom is 0.240 e. The van der Waals surface area contributed by atoms with Gasteiger partial charge in [-0.1, -0.05) is 17.8 Å². The van der Waals surface area contributed by atoms with Gasteiger partial charge in [-0.05, 0) is 57.2 Å². The quantitative estimate of drug-likeness (QED) is 0.570. The molecule has 0 radical (unpaired) electrons. The van der Waals surface area contributed by atoms with Crippen LogP contribution in [0, 0.1) is 0 Å². The van der Waals surface area contributed by atoms with Crippen molar-refractivity contribution in [2.75, 3.05) is 5.32 Å². The number of rotatable bonds is 7. The third-order valence-electron chi connectivity index (χ3n) is 3.76. The molecule has 2 heterocycles. The third-order valence-corrected chi connectivity index (χ3v) is 6.49. The summed E-state index contributed by atoms with van der Waals surface area (Å²) in [6.07, 6.45) is 1.84. The molecule has 1 aromatic carbocycles. The molecular weight excluding hydrogens is 398 g/mol. The molecule has 1 atom stereocenters. The first kappa shape index (κ1) is 20.3. The van der Waals surface area contributed by atoms with E-state index in [1.54, 1.807) is 32.9 Å². The monoisotopic (exact) mass is 419 g/mol. The number of amides is 1. The summed E-state index contributed by atoms with van der Waals surface area (Å²) in [5, 5.41) is 11.2. The van der Waals surface area contributed by atoms with Crippen LogP contribution in [0.15, 0.2) is 58.7 Å². The molecule has 0 spiro atoms. The summed E-state index contributed by atoms with van der Waals surface area (Å²) in [6, 6.07) is 11.4. The minimum absolute atomic E-state index is 0.150. The molecule has 3 rings (SSSR count). The Hall–Kier alpha value is -2.43. The van der Waals surface area contributed by atoms with Gasteiger partial charge in [0.25, 0.3) is 0 Å². The van der Waals surface area contributed by atoms with E-state index in [2.05, 4.69) is 20.2 Å². The normalized spacial score (nSPS) is 13.0. The number of aromatic nitrogens is 3. The molecule has 0 fully saturated rings. The number of carbonyl (C=O) groups is 1. The Balaban J connectivity index is 1.65. The first-order valence-corrected chi connectivity index (χ1v) is 11.0. The minimum Gasteiger partial charge on any atom is -0.325 e. The Morgan fingerprint density at radius 3 is 2.46 bits per heavy atom.